The van der Waals surface area contributed by atoms with Crippen LogP contribution in [0, 0.1) is 3.57 Å². The van der Waals surface area contributed by atoms with Crippen molar-refractivity contribution >= 4 is 39.7 Å². The minimum absolute atomic E-state index is 0.592. The van der Waals surface area contributed by atoms with E-state index in [-0.39, 0.29) is 0 Å². The predicted octanol–water partition coefficient (Wildman–Crippen LogP) is 4.29. The summed E-state index contributed by atoms with van der Waals surface area (Å²) in [6.45, 7) is 2.97. The topological polar surface area (TPSA) is 50.7 Å². The van der Waals surface area contributed by atoms with Crippen molar-refractivity contribution in [2.24, 2.45) is 0 Å². The van der Waals surface area contributed by atoms with Gasteiger partial charge in [0.05, 0.1) is 19.7 Å². The molecule has 2 aromatic heterocycles. The second-order valence-electron chi connectivity index (χ2n) is 4.97. The molecule has 20 heavy (non-hydrogen) atoms. The summed E-state index contributed by atoms with van der Waals surface area (Å²) >= 11 is 3.98. The van der Waals surface area contributed by atoms with Crippen LogP contribution in [0.4, 0.5) is 5.82 Å². The third kappa shape index (κ3) is 2.81. The summed E-state index contributed by atoms with van der Waals surface area (Å²) in [4.78, 5) is 14.7. The van der Waals surface area contributed by atoms with E-state index in [1.807, 2.05) is 11.7 Å². The smallest absolute Gasteiger partial charge is 0.173 e. The molecular weight excluding hydrogens is 383 g/mol. The van der Waals surface area contributed by atoms with E-state index in [9.17, 15) is 0 Å². The molecule has 2 aromatic rings. The van der Waals surface area contributed by atoms with Crippen LogP contribution in [-0.2, 0) is 0 Å². The Morgan fingerprint density at radius 2 is 2.15 bits per heavy atom. The number of anilines is 1. The van der Waals surface area contributed by atoms with Gasteiger partial charge >= 0.3 is 0 Å². The molecule has 0 amide bonds. The molecule has 0 saturated heterocycles. The number of rotatable bonds is 4. The molecule has 0 bridgehead atoms. The van der Waals surface area contributed by atoms with Gasteiger partial charge in [-0.05, 0) is 42.4 Å². The summed E-state index contributed by atoms with van der Waals surface area (Å²) in [5.74, 6) is 2.37. The normalized spacial score (nSPS) is 15.7. The molecular formula is C14H17IN4S. The highest BCUT2D eigenvalue weighted by Crippen LogP contribution is 2.38. The van der Waals surface area contributed by atoms with Crippen LogP contribution >= 0.6 is 33.9 Å². The van der Waals surface area contributed by atoms with Gasteiger partial charge in [0.1, 0.15) is 5.82 Å². The van der Waals surface area contributed by atoms with Crippen molar-refractivity contribution in [2.45, 2.75) is 38.5 Å². The molecule has 1 aliphatic carbocycles. The zero-order valence-electron chi connectivity index (χ0n) is 11.4. The molecule has 0 aromatic carbocycles. The van der Waals surface area contributed by atoms with Crippen LogP contribution in [0.25, 0.3) is 10.7 Å². The maximum Gasteiger partial charge on any atom is 0.173 e. The maximum absolute atomic E-state index is 4.85. The molecule has 1 saturated carbocycles. The SMILES string of the molecule is CCNc1nc(-c2cncs2)nc(C2CCCC2)c1I. The summed E-state index contributed by atoms with van der Waals surface area (Å²) in [5.41, 5.74) is 3.05. The third-order valence-corrected chi connectivity index (χ3v) is 5.45. The van der Waals surface area contributed by atoms with Crippen LogP contribution in [-0.4, -0.2) is 21.5 Å². The molecule has 2 heterocycles. The summed E-state index contributed by atoms with van der Waals surface area (Å²) in [7, 11) is 0. The number of halogens is 1. The molecule has 106 valence electrons. The van der Waals surface area contributed by atoms with Crippen LogP contribution < -0.4 is 5.32 Å². The molecule has 0 radical (unpaired) electrons. The fraction of sp³-hybridized carbons (Fsp3) is 0.500. The second-order valence-corrected chi connectivity index (χ2v) is 6.94. The van der Waals surface area contributed by atoms with Crippen LogP contribution in [0.2, 0.25) is 0 Å². The van der Waals surface area contributed by atoms with E-state index in [1.165, 1.54) is 34.9 Å². The second kappa shape index (κ2) is 6.34. The van der Waals surface area contributed by atoms with Gasteiger partial charge in [0.25, 0.3) is 0 Å². The first-order valence-corrected chi connectivity index (χ1v) is 8.95. The highest BCUT2D eigenvalue weighted by molar-refractivity contribution is 14.1. The van der Waals surface area contributed by atoms with E-state index >= 15 is 0 Å². The largest absolute Gasteiger partial charge is 0.369 e. The maximum atomic E-state index is 4.85. The molecule has 1 aliphatic rings. The Labute approximate surface area is 136 Å². The van der Waals surface area contributed by atoms with Crippen LogP contribution in [0.1, 0.15) is 44.2 Å². The summed E-state index contributed by atoms with van der Waals surface area (Å²) < 4.78 is 1.18. The van der Waals surface area contributed by atoms with Gasteiger partial charge in [0.2, 0.25) is 0 Å². The Kier molecular flexibility index (Phi) is 4.50. The van der Waals surface area contributed by atoms with Crippen LogP contribution in [0.5, 0.6) is 0 Å². The molecule has 0 atom stereocenters. The number of aromatic nitrogens is 3. The van der Waals surface area contributed by atoms with Gasteiger partial charge in [0.15, 0.2) is 5.82 Å². The minimum atomic E-state index is 0.592. The van der Waals surface area contributed by atoms with Crippen molar-refractivity contribution in [1.82, 2.24) is 15.0 Å². The fourth-order valence-corrected chi connectivity index (χ4v) is 4.08. The molecule has 6 heteroatoms. The van der Waals surface area contributed by atoms with Crippen molar-refractivity contribution < 1.29 is 0 Å². The lowest BCUT2D eigenvalue weighted by molar-refractivity contribution is 0.691. The van der Waals surface area contributed by atoms with Crippen molar-refractivity contribution in [3.63, 3.8) is 0 Å². The van der Waals surface area contributed by atoms with Gasteiger partial charge in [-0.15, -0.1) is 11.3 Å². The van der Waals surface area contributed by atoms with E-state index in [4.69, 9.17) is 4.98 Å². The van der Waals surface area contributed by atoms with Crippen molar-refractivity contribution in [3.05, 3.63) is 21.0 Å². The monoisotopic (exact) mass is 400 g/mol. The quantitative estimate of drug-likeness (QED) is 0.778. The van der Waals surface area contributed by atoms with E-state index < -0.39 is 0 Å². The third-order valence-electron chi connectivity index (χ3n) is 3.62. The van der Waals surface area contributed by atoms with Gasteiger partial charge in [-0.25, -0.2) is 9.97 Å². The number of hydrogen-bond donors (Lipinski definition) is 1. The van der Waals surface area contributed by atoms with Gasteiger partial charge in [0, 0.05) is 18.7 Å². The highest BCUT2D eigenvalue weighted by atomic mass is 127. The fourth-order valence-electron chi connectivity index (χ4n) is 2.66. The van der Waals surface area contributed by atoms with E-state index in [0.717, 1.165) is 23.1 Å². The highest BCUT2D eigenvalue weighted by Gasteiger charge is 2.24. The zero-order chi connectivity index (χ0) is 13.9. The van der Waals surface area contributed by atoms with Crippen molar-refractivity contribution in [1.29, 1.82) is 0 Å². The summed E-state index contributed by atoms with van der Waals surface area (Å²) in [5, 5.41) is 3.37. The molecule has 1 fully saturated rings. The van der Waals surface area contributed by atoms with Crippen molar-refractivity contribution in [2.75, 3.05) is 11.9 Å². The van der Waals surface area contributed by atoms with E-state index in [2.05, 4.69) is 44.8 Å². The van der Waals surface area contributed by atoms with Crippen LogP contribution in [0.3, 0.4) is 0 Å². The summed E-state index contributed by atoms with van der Waals surface area (Å²) in [6.07, 6.45) is 6.98. The Balaban J connectivity index is 2.07. The van der Waals surface area contributed by atoms with Gasteiger partial charge in [-0.3, -0.25) is 4.98 Å². The van der Waals surface area contributed by atoms with Gasteiger partial charge in [-0.1, -0.05) is 12.8 Å². The lowest BCUT2D eigenvalue weighted by atomic mass is 10.0. The lowest BCUT2D eigenvalue weighted by Crippen LogP contribution is -2.09. The zero-order valence-corrected chi connectivity index (χ0v) is 14.4. The van der Waals surface area contributed by atoms with Crippen LogP contribution in [0.15, 0.2) is 11.7 Å². The molecule has 0 unspecified atom stereocenters. The van der Waals surface area contributed by atoms with Gasteiger partial charge in [-0.2, -0.15) is 0 Å². The van der Waals surface area contributed by atoms with Crippen molar-refractivity contribution in [3.8, 4) is 10.7 Å². The molecule has 0 aliphatic heterocycles. The van der Waals surface area contributed by atoms with Gasteiger partial charge < -0.3 is 5.32 Å². The molecule has 4 nitrogen and oxygen atoms in total. The van der Waals surface area contributed by atoms with E-state index in [1.54, 1.807) is 11.3 Å². The Bertz CT molecular complexity index is 579. The number of nitrogens with zero attached hydrogens (tertiary/aromatic N) is 3. The number of hydrogen-bond acceptors (Lipinski definition) is 5. The molecule has 0 spiro atoms. The Morgan fingerprint density at radius 3 is 2.80 bits per heavy atom. The average Bonchev–Trinajstić information content (AvgIpc) is 3.14. The first kappa shape index (κ1) is 14.2. The Morgan fingerprint density at radius 1 is 1.35 bits per heavy atom. The first-order valence-electron chi connectivity index (χ1n) is 6.99. The standard InChI is InChI=1S/C14H17IN4S/c1-2-17-14-11(15)12(9-5-3-4-6-9)18-13(19-14)10-7-16-8-20-10/h7-9H,2-6H2,1H3,(H,17,18,19). The number of thiazole rings is 1. The minimum Gasteiger partial charge on any atom is -0.369 e. The lowest BCUT2D eigenvalue weighted by Gasteiger charge is -2.15. The summed E-state index contributed by atoms with van der Waals surface area (Å²) in [6, 6.07) is 0. The van der Waals surface area contributed by atoms with E-state index in [0.29, 0.717) is 5.92 Å². The molecule has 3 rings (SSSR count). The molecule has 1 N–H and O–H groups in total. The average molecular weight is 400 g/mol. The number of nitrogens with one attached hydrogen (secondary N) is 1. The first-order chi connectivity index (χ1) is 9.79. The predicted molar refractivity (Wildman–Crippen MR) is 91.2 cm³/mol. The Hall–Kier alpha value is -0.760.